The molecule has 0 aliphatic carbocycles. The van der Waals surface area contributed by atoms with E-state index in [9.17, 15) is 9.59 Å². The average molecular weight is 299 g/mol. The number of aryl methyl sites for hydroxylation is 2. The topological polar surface area (TPSA) is 84.2 Å². The van der Waals surface area contributed by atoms with Crippen LogP contribution in [0.5, 0.6) is 0 Å². The molecule has 0 spiro atoms. The predicted octanol–water partition coefficient (Wildman–Crippen LogP) is 2.46. The maximum Gasteiger partial charge on any atom is 0.261 e. The van der Waals surface area contributed by atoms with E-state index in [1.165, 1.54) is 0 Å². The van der Waals surface area contributed by atoms with E-state index in [0.717, 1.165) is 0 Å². The highest BCUT2D eigenvalue weighted by molar-refractivity contribution is 6.09. The van der Waals surface area contributed by atoms with Gasteiger partial charge < -0.3 is 15.2 Å². The fraction of sp³-hybridized carbons (Fsp3) is 0.188. The van der Waals surface area contributed by atoms with Gasteiger partial charge in [-0.1, -0.05) is 23.4 Å². The zero-order valence-corrected chi connectivity index (χ0v) is 12.5. The van der Waals surface area contributed by atoms with E-state index < -0.39 is 0 Å². The molecule has 22 heavy (non-hydrogen) atoms. The van der Waals surface area contributed by atoms with Gasteiger partial charge in [-0.25, -0.2) is 0 Å². The van der Waals surface area contributed by atoms with Crippen molar-refractivity contribution >= 4 is 17.5 Å². The summed E-state index contributed by atoms with van der Waals surface area (Å²) in [5, 5.41) is 9.16. The molecule has 2 N–H and O–H groups in total. The van der Waals surface area contributed by atoms with Crippen molar-refractivity contribution in [1.82, 2.24) is 10.5 Å². The molecule has 0 saturated carbocycles. The largest absolute Gasteiger partial charge is 0.361 e. The molecule has 0 unspecified atom stereocenters. The molecule has 114 valence electrons. The molecule has 2 aromatic rings. The van der Waals surface area contributed by atoms with Gasteiger partial charge in [0.15, 0.2) is 0 Å². The molecule has 1 aromatic heterocycles. The summed E-state index contributed by atoms with van der Waals surface area (Å²) < 4.78 is 4.98. The third-order valence-corrected chi connectivity index (χ3v) is 3.09. The summed E-state index contributed by atoms with van der Waals surface area (Å²) in [6, 6.07) is 6.78. The van der Waals surface area contributed by atoms with Gasteiger partial charge in [0.1, 0.15) is 11.3 Å². The summed E-state index contributed by atoms with van der Waals surface area (Å²) in [6.07, 6.45) is 1.59. The molecule has 1 heterocycles. The molecule has 1 aromatic carbocycles. The number of nitrogens with zero attached hydrogens (tertiary/aromatic N) is 1. The summed E-state index contributed by atoms with van der Waals surface area (Å²) in [5.41, 5.74) is 1.68. The van der Waals surface area contributed by atoms with Gasteiger partial charge in [-0.3, -0.25) is 9.59 Å². The van der Waals surface area contributed by atoms with Crippen LogP contribution in [-0.2, 0) is 0 Å². The van der Waals surface area contributed by atoms with Crippen LogP contribution in [0.3, 0.4) is 0 Å². The Kier molecular flexibility index (Phi) is 4.73. The second-order valence-electron chi connectivity index (χ2n) is 4.70. The van der Waals surface area contributed by atoms with E-state index in [2.05, 4.69) is 22.4 Å². The minimum atomic E-state index is -0.361. The van der Waals surface area contributed by atoms with E-state index in [0.29, 0.717) is 34.8 Å². The van der Waals surface area contributed by atoms with E-state index in [4.69, 9.17) is 4.52 Å². The van der Waals surface area contributed by atoms with Crippen molar-refractivity contribution in [3.8, 4) is 0 Å². The Labute approximate surface area is 128 Å². The number of carbonyl (C=O) groups is 2. The minimum absolute atomic E-state index is 0.283. The first kappa shape index (κ1) is 15.5. The molecule has 0 radical (unpaired) electrons. The highest BCUT2D eigenvalue weighted by atomic mass is 16.5. The predicted molar refractivity (Wildman–Crippen MR) is 82.9 cm³/mol. The van der Waals surface area contributed by atoms with Crippen LogP contribution in [0, 0.1) is 13.8 Å². The van der Waals surface area contributed by atoms with Crippen LogP contribution in [-0.4, -0.2) is 23.5 Å². The number of carbonyl (C=O) groups excluding carboxylic acids is 2. The highest BCUT2D eigenvalue weighted by Gasteiger charge is 2.19. The van der Waals surface area contributed by atoms with Gasteiger partial charge in [0.2, 0.25) is 0 Å². The maximum absolute atomic E-state index is 12.3. The third kappa shape index (κ3) is 3.22. The van der Waals surface area contributed by atoms with Gasteiger partial charge in [0.25, 0.3) is 11.8 Å². The highest BCUT2D eigenvalue weighted by Crippen LogP contribution is 2.19. The van der Waals surface area contributed by atoms with Crippen molar-refractivity contribution in [1.29, 1.82) is 0 Å². The first-order valence-corrected chi connectivity index (χ1v) is 6.77. The fourth-order valence-corrected chi connectivity index (χ4v) is 2.04. The number of anilines is 1. The van der Waals surface area contributed by atoms with Crippen LogP contribution in [0.15, 0.2) is 41.4 Å². The Hall–Kier alpha value is -2.89. The number of rotatable bonds is 5. The summed E-state index contributed by atoms with van der Waals surface area (Å²) >= 11 is 0. The van der Waals surface area contributed by atoms with Crippen molar-refractivity contribution in [2.75, 3.05) is 11.9 Å². The quantitative estimate of drug-likeness (QED) is 0.831. The number of para-hydroxylation sites is 1. The normalized spacial score (nSPS) is 10.1. The number of nitrogens with one attached hydrogen (secondary N) is 2. The van der Waals surface area contributed by atoms with E-state index >= 15 is 0 Å². The lowest BCUT2D eigenvalue weighted by Crippen LogP contribution is -2.25. The van der Waals surface area contributed by atoms with E-state index in [-0.39, 0.29) is 11.8 Å². The van der Waals surface area contributed by atoms with Gasteiger partial charge in [-0.15, -0.1) is 6.58 Å². The summed E-state index contributed by atoms with van der Waals surface area (Å²) in [4.78, 5) is 24.4. The SMILES string of the molecule is C=CCNC(=O)c1ccccc1NC(=O)c1c(C)noc1C. The second-order valence-corrected chi connectivity index (χ2v) is 4.70. The number of hydrogen-bond acceptors (Lipinski definition) is 4. The van der Waals surface area contributed by atoms with Crippen molar-refractivity contribution in [3.63, 3.8) is 0 Å². The van der Waals surface area contributed by atoms with Crippen molar-refractivity contribution in [2.24, 2.45) is 0 Å². The molecule has 2 amide bonds. The van der Waals surface area contributed by atoms with Gasteiger partial charge >= 0.3 is 0 Å². The molecular weight excluding hydrogens is 282 g/mol. The lowest BCUT2D eigenvalue weighted by Gasteiger charge is -2.10. The van der Waals surface area contributed by atoms with E-state index in [1.54, 1.807) is 44.2 Å². The minimum Gasteiger partial charge on any atom is -0.361 e. The summed E-state index contributed by atoms with van der Waals surface area (Å²) in [7, 11) is 0. The van der Waals surface area contributed by atoms with Gasteiger partial charge in [0.05, 0.1) is 16.9 Å². The van der Waals surface area contributed by atoms with Crippen LogP contribution in [0.2, 0.25) is 0 Å². The lowest BCUT2D eigenvalue weighted by molar-refractivity contribution is 0.0959. The fourth-order valence-electron chi connectivity index (χ4n) is 2.04. The molecule has 6 nitrogen and oxygen atoms in total. The molecule has 0 fully saturated rings. The molecule has 2 rings (SSSR count). The molecule has 0 aliphatic heterocycles. The summed E-state index contributed by atoms with van der Waals surface area (Å²) in [5.74, 6) is -0.210. The Morgan fingerprint density at radius 3 is 2.64 bits per heavy atom. The standard InChI is InChI=1S/C16H17N3O3/c1-4-9-17-15(20)12-7-5-6-8-13(12)18-16(21)14-10(2)19-22-11(14)3/h4-8H,1,9H2,2-3H3,(H,17,20)(H,18,21). The average Bonchev–Trinajstić information content (AvgIpc) is 2.84. The second kappa shape index (κ2) is 6.71. The monoisotopic (exact) mass is 299 g/mol. The number of hydrogen-bond donors (Lipinski definition) is 2. The van der Waals surface area contributed by atoms with Crippen molar-refractivity contribution in [2.45, 2.75) is 13.8 Å². The number of benzene rings is 1. The Morgan fingerprint density at radius 1 is 1.27 bits per heavy atom. The molecular formula is C16H17N3O3. The van der Waals surface area contributed by atoms with Gasteiger partial charge in [-0.05, 0) is 26.0 Å². The zero-order valence-electron chi connectivity index (χ0n) is 12.5. The Morgan fingerprint density at radius 2 is 2.00 bits per heavy atom. The number of aromatic nitrogens is 1. The van der Waals surface area contributed by atoms with Gasteiger partial charge in [-0.2, -0.15) is 0 Å². The first-order valence-electron chi connectivity index (χ1n) is 6.77. The Bertz CT molecular complexity index is 700. The van der Waals surface area contributed by atoms with Crippen LogP contribution in [0.25, 0.3) is 0 Å². The van der Waals surface area contributed by atoms with Crippen LogP contribution in [0.1, 0.15) is 32.2 Å². The van der Waals surface area contributed by atoms with Crippen LogP contribution >= 0.6 is 0 Å². The molecule has 0 bridgehead atoms. The van der Waals surface area contributed by atoms with Crippen molar-refractivity contribution in [3.05, 3.63) is 59.5 Å². The molecule has 0 saturated heterocycles. The van der Waals surface area contributed by atoms with Crippen LogP contribution in [0.4, 0.5) is 5.69 Å². The molecule has 6 heteroatoms. The van der Waals surface area contributed by atoms with E-state index in [1.807, 2.05) is 0 Å². The first-order chi connectivity index (χ1) is 10.5. The Balaban J connectivity index is 2.25. The smallest absolute Gasteiger partial charge is 0.261 e. The van der Waals surface area contributed by atoms with Gasteiger partial charge in [0, 0.05) is 6.54 Å². The molecule has 0 atom stereocenters. The number of amides is 2. The summed E-state index contributed by atoms with van der Waals surface area (Å²) in [6.45, 7) is 7.25. The van der Waals surface area contributed by atoms with Crippen LogP contribution < -0.4 is 10.6 Å². The maximum atomic E-state index is 12.3. The lowest BCUT2D eigenvalue weighted by atomic mass is 10.1. The third-order valence-electron chi connectivity index (χ3n) is 3.09. The van der Waals surface area contributed by atoms with Crippen molar-refractivity contribution < 1.29 is 14.1 Å². The molecule has 0 aliphatic rings. The zero-order chi connectivity index (χ0) is 16.1.